The normalized spacial score (nSPS) is 17.5. The van der Waals surface area contributed by atoms with Crippen LogP contribution in [0.25, 0.3) is 0 Å². The molecule has 1 aromatic heterocycles. The lowest BCUT2D eigenvalue weighted by molar-refractivity contribution is -0.129. The van der Waals surface area contributed by atoms with E-state index in [-0.39, 0.29) is 12.0 Å². The van der Waals surface area contributed by atoms with Crippen molar-refractivity contribution in [3.63, 3.8) is 0 Å². The number of ether oxygens (including phenoxy) is 1. The molecule has 1 amide bonds. The minimum absolute atomic E-state index is 0.0730. The topological polar surface area (TPSA) is 42.4 Å². The third kappa shape index (κ3) is 3.64. The van der Waals surface area contributed by atoms with Crippen LogP contribution in [0.3, 0.4) is 0 Å². The van der Waals surface area contributed by atoms with Crippen molar-refractivity contribution < 1.29 is 9.53 Å². The van der Waals surface area contributed by atoms with E-state index in [1.54, 1.807) is 12.4 Å². The highest BCUT2D eigenvalue weighted by Crippen LogP contribution is 2.18. The number of nitrogens with zero attached hydrogens (tertiary/aromatic N) is 2. The fourth-order valence-electron chi connectivity index (χ4n) is 2.77. The molecule has 114 valence electrons. The average molecular weight is 296 g/mol. The van der Waals surface area contributed by atoms with Gasteiger partial charge in [0.25, 0.3) is 0 Å². The Hall–Kier alpha value is -2.36. The molecule has 1 fully saturated rings. The van der Waals surface area contributed by atoms with Gasteiger partial charge < -0.3 is 9.64 Å². The number of carbonyl (C=O) groups excluding carboxylic acids is 1. The first-order chi connectivity index (χ1) is 10.7. The van der Waals surface area contributed by atoms with E-state index >= 15 is 0 Å². The third-order valence-corrected chi connectivity index (χ3v) is 3.89. The molecule has 0 N–H and O–H groups in total. The highest BCUT2D eigenvalue weighted by atomic mass is 16.5. The zero-order chi connectivity index (χ0) is 15.4. The van der Waals surface area contributed by atoms with Gasteiger partial charge in [-0.2, -0.15) is 0 Å². The van der Waals surface area contributed by atoms with E-state index in [9.17, 15) is 4.79 Å². The first kappa shape index (κ1) is 14.6. The number of rotatable bonds is 4. The minimum Gasteiger partial charge on any atom is -0.488 e. The predicted molar refractivity (Wildman–Crippen MR) is 84.7 cm³/mol. The Morgan fingerprint density at radius 2 is 2.14 bits per heavy atom. The second kappa shape index (κ2) is 6.60. The number of pyridine rings is 1. The monoisotopic (exact) mass is 296 g/mol. The molecule has 0 spiro atoms. The molecule has 4 nitrogen and oxygen atoms in total. The summed E-state index contributed by atoms with van der Waals surface area (Å²) in [5.41, 5.74) is 2.26. The molecule has 1 aromatic carbocycles. The van der Waals surface area contributed by atoms with Crippen LogP contribution in [0.5, 0.6) is 5.75 Å². The molecule has 0 aliphatic carbocycles. The van der Waals surface area contributed by atoms with Crippen molar-refractivity contribution in [2.45, 2.75) is 25.9 Å². The van der Waals surface area contributed by atoms with Crippen molar-refractivity contribution in [1.82, 2.24) is 9.88 Å². The van der Waals surface area contributed by atoms with Gasteiger partial charge in [0.05, 0.1) is 13.0 Å². The fourth-order valence-corrected chi connectivity index (χ4v) is 2.77. The van der Waals surface area contributed by atoms with Crippen LogP contribution >= 0.6 is 0 Å². The number of likely N-dealkylation sites (tertiary alicyclic amines) is 1. The molecule has 1 atom stereocenters. The van der Waals surface area contributed by atoms with Crippen molar-refractivity contribution in [3.05, 3.63) is 59.9 Å². The number of carbonyl (C=O) groups is 1. The van der Waals surface area contributed by atoms with Crippen LogP contribution in [-0.4, -0.2) is 35.0 Å². The van der Waals surface area contributed by atoms with Gasteiger partial charge in [-0.3, -0.25) is 9.78 Å². The Morgan fingerprint density at radius 1 is 1.32 bits per heavy atom. The molecular weight excluding hydrogens is 276 g/mol. The van der Waals surface area contributed by atoms with E-state index in [2.05, 4.69) is 11.1 Å². The van der Waals surface area contributed by atoms with Crippen molar-refractivity contribution >= 4 is 5.91 Å². The van der Waals surface area contributed by atoms with Gasteiger partial charge in [0.15, 0.2) is 0 Å². The molecule has 2 heterocycles. The number of amides is 1. The Labute approximate surface area is 130 Å². The van der Waals surface area contributed by atoms with Crippen LogP contribution in [0.2, 0.25) is 0 Å². The van der Waals surface area contributed by atoms with Crippen molar-refractivity contribution in [2.24, 2.45) is 0 Å². The summed E-state index contributed by atoms with van der Waals surface area (Å²) >= 11 is 0. The Balaban J connectivity index is 1.55. The summed E-state index contributed by atoms with van der Waals surface area (Å²) in [6.07, 6.45) is 4.84. The van der Waals surface area contributed by atoms with Gasteiger partial charge in [0.1, 0.15) is 11.9 Å². The van der Waals surface area contributed by atoms with Crippen LogP contribution in [0.1, 0.15) is 17.5 Å². The number of hydrogen-bond acceptors (Lipinski definition) is 3. The maximum absolute atomic E-state index is 12.4. The number of aryl methyl sites for hydroxylation is 1. The van der Waals surface area contributed by atoms with Gasteiger partial charge in [-0.25, -0.2) is 0 Å². The van der Waals surface area contributed by atoms with Crippen LogP contribution in [-0.2, 0) is 11.2 Å². The number of hydrogen-bond donors (Lipinski definition) is 0. The van der Waals surface area contributed by atoms with Gasteiger partial charge in [0, 0.05) is 25.4 Å². The van der Waals surface area contributed by atoms with E-state index in [0.29, 0.717) is 13.0 Å². The van der Waals surface area contributed by atoms with E-state index in [1.807, 2.05) is 42.2 Å². The average Bonchev–Trinajstić information content (AvgIpc) is 2.97. The molecule has 1 saturated heterocycles. The molecule has 0 saturated carbocycles. The molecule has 0 bridgehead atoms. The van der Waals surface area contributed by atoms with E-state index in [4.69, 9.17) is 4.74 Å². The van der Waals surface area contributed by atoms with Gasteiger partial charge >= 0.3 is 0 Å². The van der Waals surface area contributed by atoms with Gasteiger partial charge in [-0.15, -0.1) is 0 Å². The molecule has 2 aromatic rings. The first-order valence-corrected chi connectivity index (χ1v) is 7.61. The lowest BCUT2D eigenvalue weighted by Crippen LogP contribution is -2.32. The van der Waals surface area contributed by atoms with E-state index in [0.717, 1.165) is 24.3 Å². The van der Waals surface area contributed by atoms with Crippen LogP contribution < -0.4 is 4.74 Å². The highest BCUT2D eigenvalue weighted by Gasteiger charge is 2.27. The standard InChI is InChI=1S/C18H20N2O2/c1-14-3-2-4-15(11-14)12-18(21)20-10-7-17(13-20)22-16-5-8-19-9-6-16/h2-6,8-9,11,17H,7,10,12-13H2,1H3/t17-/m0/s1. The highest BCUT2D eigenvalue weighted by molar-refractivity contribution is 5.79. The summed E-state index contributed by atoms with van der Waals surface area (Å²) in [5, 5.41) is 0. The van der Waals surface area contributed by atoms with Gasteiger partial charge in [-0.1, -0.05) is 29.8 Å². The fraction of sp³-hybridized carbons (Fsp3) is 0.333. The van der Waals surface area contributed by atoms with Crippen LogP contribution in [0.4, 0.5) is 0 Å². The molecule has 1 aliphatic rings. The SMILES string of the molecule is Cc1cccc(CC(=O)N2CC[C@H](Oc3ccncc3)C2)c1. The smallest absolute Gasteiger partial charge is 0.227 e. The van der Waals surface area contributed by atoms with Gasteiger partial charge in [-0.05, 0) is 24.6 Å². The molecular formula is C18H20N2O2. The molecule has 4 heteroatoms. The largest absolute Gasteiger partial charge is 0.488 e. The van der Waals surface area contributed by atoms with E-state index < -0.39 is 0 Å². The number of benzene rings is 1. The van der Waals surface area contributed by atoms with Crippen LogP contribution in [0, 0.1) is 6.92 Å². The quantitative estimate of drug-likeness (QED) is 0.871. The molecule has 0 radical (unpaired) electrons. The lowest BCUT2D eigenvalue weighted by atomic mass is 10.1. The minimum atomic E-state index is 0.0730. The van der Waals surface area contributed by atoms with Crippen LogP contribution in [0.15, 0.2) is 48.8 Å². The maximum atomic E-state index is 12.4. The zero-order valence-electron chi connectivity index (χ0n) is 12.7. The third-order valence-electron chi connectivity index (χ3n) is 3.89. The van der Waals surface area contributed by atoms with Gasteiger partial charge in [0.2, 0.25) is 5.91 Å². The van der Waals surface area contributed by atoms with Crippen molar-refractivity contribution in [3.8, 4) is 5.75 Å². The summed E-state index contributed by atoms with van der Waals surface area (Å²) in [6.45, 7) is 3.47. The molecule has 1 aliphatic heterocycles. The number of aromatic nitrogens is 1. The zero-order valence-corrected chi connectivity index (χ0v) is 12.7. The first-order valence-electron chi connectivity index (χ1n) is 7.61. The summed E-state index contributed by atoms with van der Waals surface area (Å²) in [6, 6.07) is 11.8. The summed E-state index contributed by atoms with van der Waals surface area (Å²) in [7, 11) is 0. The van der Waals surface area contributed by atoms with Crippen molar-refractivity contribution in [1.29, 1.82) is 0 Å². The Bertz CT molecular complexity index is 643. The maximum Gasteiger partial charge on any atom is 0.227 e. The Morgan fingerprint density at radius 3 is 2.91 bits per heavy atom. The Kier molecular flexibility index (Phi) is 4.37. The molecule has 3 rings (SSSR count). The molecule has 0 unspecified atom stereocenters. The lowest BCUT2D eigenvalue weighted by Gasteiger charge is -2.17. The van der Waals surface area contributed by atoms with Crippen molar-refractivity contribution in [2.75, 3.05) is 13.1 Å². The van der Waals surface area contributed by atoms with E-state index in [1.165, 1.54) is 5.56 Å². The summed E-state index contributed by atoms with van der Waals surface area (Å²) in [5.74, 6) is 0.986. The second-order valence-electron chi connectivity index (χ2n) is 5.72. The predicted octanol–water partition coefficient (Wildman–Crippen LogP) is 2.61. The summed E-state index contributed by atoms with van der Waals surface area (Å²) < 4.78 is 5.89. The second-order valence-corrected chi connectivity index (χ2v) is 5.72. The summed E-state index contributed by atoms with van der Waals surface area (Å²) in [4.78, 5) is 18.3. The molecule has 22 heavy (non-hydrogen) atoms.